The monoisotopic (exact) mass is 329 g/mol. The van der Waals surface area contributed by atoms with E-state index in [1.165, 1.54) is 6.92 Å². The highest BCUT2D eigenvalue weighted by atomic mass is 79.9. The number of Topliss-reactive ketones (excluding diaryl/α,β-unsaturated/α-hetero) is 1. The van der Waals surface area contributed by atoms with E-state index in [0.717, 1.165) is 22.1 Å². The van der Waals surface area contributed by atoms with Crippen molar-refractivity contribution in [3.05, 3.63) is 27.7 Å². The van der Waals surface area contributed by atoms with Gasteiger partial charge in [0.2, 0.25) is 5.91 Å². The van der Waals surface area contributed by atoms with Gasteiger partial charge in [-0.1, -0.05) is 15.9 Å². The molecule has 0 unspecified atom stereocenters. The number of alkyl halides is 1. The molecule has 0 aliphatic carbocycles. The summed E-state index contributed by atoms with van der Waals surface area (Å²) in [6.45, 7) is 2.22. The Morgan fingerprint density at radius 1 is 1.44 bits per heavy atom. The topological polar surface area (TPSA) is 37.4 Å². The van der Waals surface area contributed by atoms with Gasteiger partial charge in [-0.05, 0) is 24.1 Å². The van der Waals surface area contributed by atoms with E-state index >= 15 is 0 Å². The number of nitrogens with zero attached hydrogens (tertiary/aromatic N) is 1. The van der Waals surface area contributed by atoms with Gasteiger partial charge < -0.3 is 4.90 Å². The molecule has 1 heterocycles. The number of fused-ring (bicyclic) bond motifs is 1. The molecule has 1 aromatic rings. The molecule has 0 fully saturated rings. The number of carbonyl (C=O) groups excluding carboxylic acids is 2. The van der Waals surface area contributed by atoms with E-state index in [2.05, 4.69) is 15.9 Å². The molecule has 1 aromatic carbocycles. The van der Waals surface area contributed by atoms with Crippen molar-refractivity contribution in [1.82, 2.24) is 0 Å². The molecule has 3 nitrogen and oxygen atoms in total. The second-order valence-electron chi connectivity index (χ2n) is 4.24. The number of carbonyl (C=O) groups is 2. The molecule has 0 atom stereocenters. The van der Waals surface area contributed by atoms with E-state index in [9.17, 15) is 9.59 Å². The minimum absolute atomic E-state index is 0.00456. The summed E-state index contributed by atoms with van der Waals surface area (Å²) in [5.74, 6) is 0.306. The molecule has 18 heavy (non-hydrogen) atoms. The lowest BCUT2D eigenvalue weighted by Gasteiger charge is -2.16. The van der Waals surface area contributed by atoms with Gasteiger partial charge in [-0.3, -0.25) is 9.59 Å². The molecule has 1 amide bonds. The van der Waals surface area contributed by atoms with Crippen molar-refractivity contribution in [3.63, 3.8) is 0 Å². The number of ketones is 1. The maximum atomic E-state index is 11.9. The van der Waals surface area contributed by atoms with Gasteiger partial charge in [0.25, 0.3) is 0 Å². The van der Waals surface area contributed by atoms with Crippen LogP contribution in [0.25, 0.3) is 0 Å². The van der Waals surface area contributed by atoms with Crippen LogP contribution in [0.1, 0.15) is 29.3 Å². The molecule has 0 radical (unpaired) electrons. The highest BCUT2D eigenvalue weighted by molar-refractivity contribution is 9.10. The van der Waals surface area contributed by atoms with E-state index in [1.807, 2.05) is 6.07 Å². The van der Waals surface area contributed by atoms with Crippen LogP contribution < -0.4 is 4.90 Å². The first-order valence-electron chi connectivity index (χ1n) is 5.74. The third-order valence-electron chi connectivity index (χ3n) is 3.07. The Labute approximate surface area is 119 Å². The molecular weight excluding hydrogens is 318 g/mol. The summed E-state index contributed by atoms with van der Waals surface area (Å²) in [6.07, 6.45) is 1.14. The van der Waals surface area contributed by atoms with Gasteiger partial charge in [0.05, 0.1) is 0 Å². The first-order chi connectivity index (χ1) is 8.54. The van der Waals surface area contributed by atoms with Crippen molar-refractivity contribution in [2.75, 3.05) is 17.3 Å². The standard InChI is InChI=1S/C13H13BrClNO2/c1-8(17)16-5-3-9-6-11(14)10(7-12(9)16)13(18)2-4-15/h6-7H,2-5H2,1H3. The second-order valence-corrected chi connectivity index (χ2v) is 5.48. The lowest BCUT2D eigenvalue weighted by molar-refractivity contribution is -0.116. The Hall–Kier alpha value is -0.870. The van der Waals surface area contributed by atoms with E-state index in [1.54, 1.807) is 11.0 Å². The molecular formula is C13H13BrClNO2. The number of anilines is 1. The predicted octanol–water partition coefficient (Wildman–Crippen LogP) is 3.17. The summed E-state index contributed by atoms with van der Waals surface area (Å²) in [5, 5.41) is 0. The van der Waals surface area contributed by atoms with Gasteiger partial charge in [-0.15, -0.1) is 11.6 Å². The number of amides is 1. The summed E-state index contributed by atoms with van der Waals surface area (Å²) < 4.78 is 0.779. The summed E-state index contributed by atoms with van der Waals surface area (Å²) >= 11 is 9.00. The SMILES string of the molecule is CC(=O)N1CCc2cc(Br)c(C(=O)CCCl)cc21. The quantitative estimate of drug-likeness (QED) is 0.630. The number of benzene rings is 1. The van der Waals surface area contributed by atoms with Gasteiger partial charge in [0.1, 0.15) is 0 Å². The van der Waals surface area contributed by atoms with E-state index < -0.39 is 0 Å². The van der Waals surface area contributed by atoms with Crippen LogP contribution in [0.4, 0.5) is 5.69 Å². The van der Waals surface area contributed by atoms with Crippen LogP contribution in [0.2, 0.25) is 0 Å². The Morgan fingerprint density at radius 3 is 2.78 bits per heavy atom. The van der Waals surface area contributed by atoms with Crippen molar-refractivity contribution in [2.24, 2.45) is 0 Å². The molecule has 0 saturated heterocycles. The van der Waals surface area contributed by atoms with Crippen molar-refractivity contribution < 1.29 is 9.59 Å². The third kappa shape index (κ3) is 2.45. The average Bonchev–Trinajstić information content (AvgIpc) is 2.70. The third-order valence-corrected chi connectivity index (χ3v) is 3.91. The zero-order chi connectivity index (χ0) is 13.3. The zero-order valence-electron chi connectivity index (χ0n) is 10.0. The summed E-state index contributed by atoms with van der Waals surface area (Å²) in [4.78, 5) is 25.1. The number of hydrogen-bond donors (Lipinski definition) is 0. The number of halogens is 2. The summed E-state index contributed by atoms with van der Waals surface area (Å²) in [7, 11) is 0. The molecule has 5 heteroatoms. The van der Waals surface area contributed by atoms with Crippen LogP contribution in [0.3, 0.4) is 0 Å². The number of hydrogen-bond acceptors (Lipinski definition) is 2. The molecule has 2 rings (SSSR count). The van der Waals surface area contributed by atoms with Crippen LogP contribution in [0, 0.1) is 0 Å². The fourth-order valence-corrected chi connectivity index (χ4v) is 2.95. The van der Waals surface area contributed by atoms with Crippen molar-refractivity contribution in [1.29, 1.82) is 0 Å². The lowest BCUT2D eigenvalue weighted by atomic mass is 10.0. The Bertz CT molecular complexity index is 516. The largest absolute Gasteiger partial charge is 0.312 e. The van der Waals surface area contributed by atoms with E-state index in [4.69, 9.17) is 11.6 Å². The first-order valence-corrected chi connectivity index (χ1v) is 7.07. The van der Waals surface area contributed by atoms with Crippen molar-refractivity contribution in [2.45, 2.75) is 19.8 Å². The van der Waals surface area contributed by atoms with Crippen LogP contribution in [-0.2, 0) is 11.2 Å². The van der Waals surface area contributed by atoms with Crippen LogP contribution in [-0.4, -0.2) is 24.1 Å². The van der Waals surface area contributed by atoms with Gasteiger partial charge in [0, 0.05) is 41.5 Å². The molecule has 0 spiro atoms. The van der Waals surface area contributed by atoms with Gasteiger partial charge in [0.15, 0.2) is 5.78 Å². The predicted molar refractivity (Wildman–Crippen MR) is 75.5 cm³/mol. The van der Waals surface area contributed by atoms with Crippen LogP contribution in [0.15, 0.2) is 16.6 Å². The fraction of sp³-hybridized carbons (Fsp3) is 0.385. The minimum atomic E-state index is -0.00456. The van der Waals surface area contributed by atoms with Crippen LogP contribution in [0.5, 0.6) is 0 Å². The average molecular weight is 331 g/mol. The fourth-order valence-electron chi connectivity index (χ4n) is 2.17. The van der Waals surface area contributed by atoms with Gasteiger partial charge in [-0.2, -0.15) is 0 Å². The van der Waals surface area contributed by atoms with Gasteiger partial charge in [-0.25, -0.2) is 0 Å². The minimum Gasteiger partial charge on any atom is -0.312 e. The lowest BCUT2D eigenvalue weighted by Crippen LogP contribution is -2.25. The molecule has 1 aliphatic rings. The molecule has 0 bridgehead atoms. The maximum Gasteiger partial charge on any atom is 0.223 e. The highest BCUT2D eigenvalue weighted by Crippen LogP contribution is 2.33. The Kier molecular flexibility index (Phi) is 4.07. The second kappa shape index (κ2) is 5.41. The number of rotatable bonds is 3. The maximum absolute atomic E-state index is 11.9. The summed E-state index contributed by atoms with van der Waals surface area (Å²) in [6, 6.07) is 3.72. The molecule has 0 saturated carbocycles. The van der Waals surface area contributed by atoms with Crippen molar-refractivity contribution >= 4 is 44.9 Å². The zero-order valence-corrected chi connectivity index (χ0v) is 12.3. The van der Waals surface area contributed by atoms with Crippen molar-refractivity contribution in [3.8, 4) is 0 Å². The van der Waals surface area contributed by atoms with E-state index in [-0.39, 0.29) is 11.7 Å². The molecule has 1 aliphatic heterocycles. The normalized spacial score (nSPS) is 13.6. The summed E-state index contributed by atoms with van der Waals surface area (Å²) in [5.41, 5.74) is 2.55. The Balaban J connectivity index is 2.43. The molecule has 0 aromatic heterocycles. The Morgan fingerprint density at radius 2 is 2.17 bits per heavy atom. The molecule has 96 valence electrons. The van der Waals surface area contributed by atoms with Gasteiger partial charge >= 0.3 is 0 Å². The first kappa shape index (κ1) is 13.6. The highest BCUT2D eigenvalue weighted by Gasteiger charge is 2.24. The smallest absolute Gasteiger partial charge is 0.223 e. The van der Waals surface area contributed by atoms with E-state index in [0.29, 0.717) is 24.4 Å². The van der Waals surface area contributed by atoms with Crippen LogP contribution >= 0.6 is 27.5 Å². The molecule has 0 N–H and O–H groups in total.